The van der Waals surface area contributed by atoms with E-state index in [1.54, 1.807) is 56.3 Å². The molecule has 0 bridgehead atoms. The Bertz CT molecular complexity index is 873. The van der Waals surface area contributed by atoms with Gasteiger partial charge in [0.05, 0.1) is 11.5 Å². The Kier molecular flexibility index (Phi) is 6.09. The number of halogens is 1. The summed E-state index contributed by atoms with van der Waals surface area (Å²) in [5.74, 6) is -2.41. The maximum atomic E-state index is 14.2. The maximum absolute atomic E-state index is 14.2. The number of hydrogen-bond acceptors (Lipinski definition) is 4. The van der Waals surface area contributed by atoms with Crippen molar-refractivity contribution < 1.29 is 22.3 Å². The lowest BCUT2D eigenvalue weighted by molar-refractivity contribution is -0.140. The van der Waals surface area contributed by atoms with Crippen molar-refractivity contribution in [2.75, 3.05) is 6.61 Å². The summed E-state index contributed by atoms with van der Waals surface area (Å²) in [6.07, 6.45) is 0.797. The molecule has 25 heavy (non-hydrogen) atoms. The van der Waals surface area contributed by atoms with Gasteiger partial charge in [0, 0.05) is 0 Å². The number of rotatable bonds is 6. The van der Waals surface area contributed by atoms with Crippen LogP contribution in [0.1, 0.15) is 23.3 Å². The number of aryl methyl sites for hydroxylation is 1. The molecule has 2 aromatic carbocycles. The van der Waals surface area contributed by atoms with Crippen LogP contribution in [0.15, 0.2) is 71.4 Å². The van der Waals surface area contributed by atoms with Gasteiger partial charge in [-0.05, 0) is 43.2 Å². The first kappa shape index (κ1) is 18.9. The van der Waals surface area contributed by atoms with Crippen LogP contribution in [0, 0.1) is 6.92 Å². The number of hydrogen-bond donors (Lipinski definition) is 0. The molecular formula is C19H19FO4S. The molecule has 2 aromatic rings. The van der Waals surface area contributed by atoms with E-state index >= 15 is 0 Å². The molecule has 0 fully saturated rings. The summed E-state index contributed by atoms with van der Waals surface area (Å²) < 4.78 is 44.8. The number of ether oxygens (including phenoxy) is 1. The number of sulfone groups is 1. The molecule has 0 aliphatic carbocycles. The van der Waals surface area contributed by atoms with Gasteiger partial charge in [-0.3, -0.25) is 0 Å². The van der Waals surface area contributed by atoms with Gasteiger partial charge in [0.1, 0.15) is 5.25 Å². The number of carbonyl (C=O) groups excluding carboxylic acids is 1. The van der Waals surface area contributed by atoms with Gasteiger partial charge in [-0.1, -0.05) is 42.5 Å². The molecule has 0 saturated carbocycles. The van der Waals surface area contributed by atoms with Gasteiger partial charge in [-0.15, -0.1) is 0 Å². The highest BCUT2D eigenvalue weighted by Gasteiger charge is 2.29. The summed E-state index contributed by atoms with van der Waals surface area (Å²) in [4.78, 5) is 11.6. The Labute approximate surface area is 146 Å². The van der Waals surface area contributed by atoms with E-state index < -0.39 is 26.9 Å². The highest BCUT2D eigenvalue weighted by atomic mass is 32.2. The molecule has 0 amide bonds. The Hall–Kier alpha value is -2.47. The average molecular weight is 362 g/mol. The molecule has 4 nitrogen and oxygen atoms in total. The van der Waals surface area contributed by atoms with Gasteiger partial charge in [-0.2, -0.15) is 4.39 Å². The third-order valence-electron chi connectivity index (χ3n) is 3.55. The van der Waals surface area contributed by atoms with Crippen molar-refractivity contribution in [2.45, 2.75) is 24.0 Å². The van der Waals surface area contributed by atoms with E-state index in [0.717, 1.165) is 11.6 Å². The molecule has 0 saturated heterocycles. The van der Waals surface area contributed by atoms with Gasteiger partial charge in [0.2, 0.25) is 5.83 Å². The van der Waals surface area contributed by atoms with Crippen LogP contribution in [0.3, 0.4) is 0 Å². The molecule has 0 heterocycles. The van der Waals surface area contributed by atoms with Crippen molar-refractivity contribution in [3.8, 4) is 0 Å². The van der Waals surface area contributed by atoms with Gasteiger partial charge in [0.15, 0.2) is 9.84 Å². The van der Waals surface area contributed by atoms with E-state index in [0.29, 0.717) is 5.56 Å². The molecule has 1 unspecified atom stereocenters. The van der Waals surface area contributed by atoms with Crippen molar-refractivity contribution in [3.05, 3.63) is 77.6 Å². The predicted octanol–water partition coefficient (Wildman–Crippen LogP) is 3.93. The van der Waals surface area contributed by atoms with E-state index in [1.165, 1.54) is 12.1 Å². The number of carbonyl (C=O) groups is 1. The third kappa shape index (κ3) is 4.54. The molecule has 0 N–H and O–H groups in total. The number of benzene rings is 2. The van der Waals surface area contributed by atoms with Crippen molar-refractivity contribution in [2.24, 2.45) is 0 Å². The Balaban J connectivity index is 2.56. The largest absolute Gasteiger partial charge is 0.461 e. The second-order valence-corrected chi connectivity index (χ2v) is 7.50. The maximum Gasteiger partial charge on any atom is 0.366 e. The highest BCUT2D eigenvalue weighted by Crippen LogP contribution is 2.32. The minimum Gasteiger partial charge on any atom is -0.461 e. The minimum atomic E-state index is -3.94. The van der Waals surface area contributed by atoms with Gasteiger partial charge in [-0.25, -0.2) is 13.2 Å². The Morgan fingerprint density at radius 1 is 1.16 bits per heavy atom. The Morgan fingerprint density at radius 3 is 2.44 bits per heavy atom. The molecule has 6 heteroatoms. The highest BCUT2D eigenvalue weighted by molar-refractivity contribution is 7.91. The van der Waals surface area contributed by atoms with Crippen molar-refractivity contribution in [1.82, 2.24) is 0 Å². The molecule has 0 aliphatic heterocycles. The van der Waals surface area contributed by atoms with Crippen LogP contribution in [0.2, 0.25) is 0 Å². The fourth-order valence-electron chi connectivity index (χ4n) is 2.35. The monoisotopic (exact) mass is 362 g/mol. The van der Waals surface area contributed by atoms with Gasteiger partial charge < -0.3 is 4.74 Å². The van der Waals surface area contributed by atoms with E-state index in [2.05, 4.69) is 4.74 Å². The normalized spacial score (nSPS) is 13.3. The van der Waals surface area contributed by atoms with Crippen LogP contribution in [0.5, 0.6) is 0 Å². The molecule has 0 aromatic heterocycles. The van der Waals surface area contributed by atoms with E-state index in [-0.39, 0.29) is 11.5 Å². The van der Waals surface area contributed by atoms with E-state index in [9.17, 15) is 17.6 Å². The first-order valence-corrected chi connectivity index (χ1v) is 9.31. The summed E-state index contributed by atoms with van der Waals surface area (Å²) in [5.41, 5.74) is 1.13. The van der Waals surface area contributed by atoms with Crippen LogP contribution in [-0.2, 0) is 19.4 Å². The summed E-state index contributed by atoms with van der Waals surface area (Å²) in [6.45, 7) is 3.32. The van der Waals surface area contributed by atoms with Crippen LogP contribution in [-0.4, -0.2) is 21.0 Å². The molecule has 0 radical (unpaired) electrons. The minimum absolute atomic E-state index is 0.000721. The molecule has 132 valence electrons. The summed E-state index contributed by atoms with van der Waals surface area (Å²) >= 11 is 0. The summed E-state index contributed by atoms with van der Waals surface area (Å²) in [5, 5.41) is -1.33. The van der Waals surface area contributed by atoms with Crippen LogP contribution in [0.25, 0.3) is 0 Å². The van der Waals surface area contributed by atoms with Crippen LogP contribution < -0.4 is 0 Å². The molecule has 1 atom stereocenters. The first-order valence-electron chi connectivity index (χ1n) is 7.76. The third-order valence-corrected chi connectivity index (χ3v) is 5.54. The fourth-order valence-corrected chi connectivity index (χ4v) is 4.07. The Morgan fingerprint density at radius 2 is 1.84 bits per heavy atom. The van der Waals surface area contributed by atoms with Crippen LogP contribution >= 0.6 is 0 Å². The van der Waals surface area contributed by atoms with Crippen molar-refractivity contribution in [1.29, 1.82) is 0 Å². The summed E-state index contributed by atoms with van der Waals surface area (Å²) in [7, 11) is -3.94. The van der Waals surface area contributed by atoms with Crippen molar-refractivity contribution >= 4 is 15.8 Å². The van der Waals surface area contributed by atoms with E-state index in [4.69, 9.17) is 0 Å². The zero-order valence-electron chi connectivity index (χ0n) is 14.0. The van der Waals surface area contributed by atoms with E-state index in [1.807, 2.05) is 0 Å². The molecular weight excluding hydrogens is 343 g/mol. The lowest BCUT2D eigenvalue weighted by Crippen LogP contribution is -2.14. The van der Waals surface area contributed by atoms with Gasteiger partial charge >= 0.3 is 5.97 Å². The fraction of sp³-hybridized carbons (Fsp3) is 0.211. The summed E-state index contributed by atoms with van der Waals surface area (Å²) in [6, 6.07) is 14.6. The second-order valence-electron chi connectivity index (χ2n) is 5.43. The number of esters is 1. The van der Waals surface area contributed by atoms with Crippen LogP contribution in [0.4, 0.5) is 4.39 Å². The predicted molar refractivity (Wildman–Crippen MR) is 93.4 cm³/mol. The first-order chi connectivity index (χ1) is 11.9. The zero-order chi connectivity index (χ0) is 18.4. The average Bonchev–Trinajstić information content (AvgIpc) is 2.60. The topological polar surface area (TPSA) is 60.4 Å². The second kappa shape index (κ2) is 8.07. The lowest BCUT2D eigenvalue weighted by Gasteiger charge is -2.15. The standard InChI is InChI=1S/C19H19FO4S/c1-3-24-19(21)17(20)13-18(15-9-5-4-6-10-15)25(22,23)16-11-7-8-14(2)12-16/h4-13,18H,3H2,1-2H3/b17-13-. The molecule has 0 aliphatic rings. The van der Waals surface area contributed by atoms with Gasteiger partial charge in [0.25, 0.3) is 0 Å². The zero-order valence-corrected chi connectivity index (χ0v) is 14.8. The molecule has 2 rings (SSSR count). The van der Waals surface area contributed by atoms with Crippen molar-refractivity contribution in [3.63, 3.8) is 0 Å². The lowest BCUT2D eigenvalue weighted by atomic mass is 10.1. The SMILES string of the molecule is CCOC(=O)/C(F)=C/C(c1ccccc1)S(=O)(=O)c1cccc(C)c1. The quantitative estimate of drug-likeness (QED) is 0.577. The molecule has 0 spiro atoms. The smallest absolute Gasteiger partial charge is 0.366 e.